The van der Waals surface area contributed by atoms with Crippen molar-refractivity contribution < 1.29 is 14.6 Å². The van der Waals surface area contributed by atoms with Gasteiger partial charge in [-0.25, -0.2) is 4.79 Å². The molecule has 6 heteroatoms. The molecule has 2 aliphatic rings. The molecule has 0 bridgehead atoms. The van der Waals surface area contributed by atoms with Crippen LogP contribution in [0.2, 0.25) is 0 Å². The molecule has 6 nitrogen and oxygen atoms in total. The van der Waals surface area contributed by atoms with Gasteiger partial charge in [0.25, 0.3) is 0 Å². The molecule has 2 saturated heterocycles. The first kappa shape index (κ1) is 18.9. The van der Waals surface area contributed by atoms with E-state index in [1.165, 1.54) is 18.4 Å². The fraction of sp³-hybridized carbons (Fsp3) is 0.409. The summed E-state index contributed by atoms with van der Waals surface area (Å²) >= 11 is 0. The molecule has 148 valence electrons. The van der Waals surface area contributed by atoms with E-state index >= 15 is 0 Å². The Morgan fingerprint density at radius 1 is 0.964 bits per heavy atom. The summed E-state index contributed by atoms with van der Waals surface area (Å²) in [5.74, 6) is 0.451. The normalized spacial score (nSPS) is 19.4. The second kappa shape index (κ2) is 8.31. The number of rotatable bonds is 5. The van der Waals surface area contributed by atoms with E-state index < -0.39 is 5.97 Å². The van der Waals surface area contributed by atoms with Crippen molar-refractivity contribution >= 4 is 5.97 Å². The molecule has 0 radical (unpaired) electrons. The lowest BCUT2D eigenvalue weighted by Gasteiger charge is -2.50. The van der Waals surface area contributed by atoms with Crippen molar-refractivity contribution in [2.45, 2.75) is 24.9 Å². The van der Waals surface area contributed by atoms with E-state index in [0.717, 1.165) is 45.0 Å². The minimum Gasteiger partial charge on any atom is -0.478 e. The molecule has 2 aliphatic heterocycles. The van der Waals surface area contributed by atoms with Crippen LogP contribution in [-0.2, 0) is 6.54 Å². The van der Waals surface area contributed by atoms with E-state index in [9.17, 15) is 4.79 Å². The van der Waals surface area contributed by atoms with Crippen molar-refractivity contribution in [2.75, 3.05) is 32.7 Å². The molecule has 0 aliphatic carbocycles. The van der Waals surface area contributed by atoms with Gasteiger partial charge in [-0.1, -0.05) is 12.1 Å². The van der Waals surface area contributed by atoms with Gasteiger partial charge < -0.3 is 20.5 Å². The predicted octanol–water partition coefficient (Wildman–Crippen LogP) is 2.70. The average Bonchev–Trinajstić information content (AvgIpc) is 2.72. The minimum atomic E-state index is -0.935. The number of hydrogen-bond donors (Lipinski definition) is 3. The molecule has 0 atom stereocenters. The quantitative estimate of drug-likeness (QED) is 0.740. The summed E-state index contributed by atoms with van der Waals surface area (Å²) in [7, 11) is 0. The summed E-state index contributed by atoms with van der Waals surface area (Å²) < 4.78 is 5.84. The molecule has 2 aromatic carbocycles. The monoisotopic (exact) mass is 381 g/mol. The Morgan fingerprint density at radius 2 is 1.61 bits per heavy atom. The number of carboxylic acids is 1. The van der Waals surface area contributed by atoms with Gasteiger partial charge in [-0.15, -0.1) is 0 Å². The minimum absolute atomic E-state index is 0.255. The predicted molar refractivity (Wildman–Crippen MR) is 108 cm³/mol. The number of nitrogens with one attached hydrogen (secondary N) is 2. The van der Waals surface area contributed by atoms with Crippen LogP contribution < -0.4 is 15.4 Å². The molecule has 2 fully saturated rings. The average molecular weight is 381 g/mol. The van der Waals surface area contributed by atoms with Gasteiger partial charge >= 0.3 is 5.97 Å². The Kier molecular flexibility index (Phi) is 5.62. The number of piperazine rings is 1. The fourth-order valence-electron chi connectivity index (χ4n) is 4.20. The number of ether oxygens (including phenoxy) is 1. The van der Waals surface area contributed by atoms with Crippen LogP contribution >= 0.6 is 0 Å². The third kappa shape index (κ3) is 4.19. The zero-order chi connectivity index (χ0) is 19.4. The van der Waals surface area contributed by atoms with Crippen LogP contribution in [0, 0.1) is 0 Å². The van der Waals surface area contributed by atoms with Gasteiger partial charge in [-0.05, 0) is 67.9 Å². The molecule has 0 saturated carbocycles. The van der Waals surface area contributed by atoms with Crippen molar-refractivity contribution in [1.82, 2.24) is 15.5 Å². The Hall–Kier alpha value is -2.41. The lowest BCUT2D eigenvalue weighted by molar-refractivity contribution is 0.0263. The zero-order valence-corrected chi connectivity index (χ0v) is 16.0. The molecule has 2 heterocycles. The highest BCUT2D eigenvalue weighted by atomic mass is 16.5. The highest BCUT2D eigenvalue weighted by Crippen LogP contribution is 2.30. The van der Waals surface area contributed by atoms with Crippen molar-refractivity contribution in [2.24, 2.45) is 0 Å². The molecular weight excluding hydrogens is 354 g/mol. The van der Waals surface area contributed by atoms with E-state index in [1.54, 1.807) is 24.3 Å². The standard InChI is InChI=1S/C22H27N3O3/c26-21(27)18-3-7-20(8-4-18)28-19-5-1-17(2-6-19)15-25-14-13-24-16-22(25)9-11-23-12-10-22/h1-8,23-24H,9-16H2,(H,26,27). The Labute approximate surface area is 165 Å². The third-order valence-electron chi connectivity index (χ3n) is 5.85. The maximum Gasteiger partial charge on any atom is 0.335 e. The third-order valence-corrected chi connectivity index (χ3v) is 5.85. The Morgan fingerprint density at radius 3 is 2.25 bits per heavy atom. The first-order valence-electron chi connectivity index (χ1n) is 9.91. The second-order valence-corrected chi connectivity index (χ2v) is 7.65. The van der Waals surface area contributed by atoms with Gasteiger partial charge in [0.05, 0.1) is 5.56 Å². The number of nitrogens with zero attached hydrogens (tertiary/aromatic N) is 1. The molecule has 3 N–H and O–H groups in total. The second-order valence-electron chi connectivity index (χ2n) is 7.65. The molecule has 0 aromatic heterocycles. The summed E-state index contributed by atoms with van der Waals surface area (Å²) in [5.41, 5.74) is 1.81. The molecule has 1 spiro atoms. The topological polar surface area (TPSA) is 73.8 Å². The van der Waals surface area contributed by atoms with Gasteiger partial charge in [0, 0.05) is 31.7 Å². The van der Waals surface area contributed by atoms with E-state index in [-0.39, 0.29) is 11.1 Å². The number of aromatic carboxylic acids is 1. The van der Waals surface area contributed by atoms with E-state index in [2.05, 4.69) is 27.7 Å². The Bertz CT molecular complexity index is 791. The largest absolute Gasteiger partial charge is 0.478 e. The molecule has 28 heavy (non-hydrogen) atoms. The van der Waals surface area contributed by atoms with Gasteiger partial charge in [-0.3, -0.25) is 4.90 Å². The molecular formula is C22H27N3O3. The van der Waals surface area contributed by atoms with Gasteiger partial charge in [0.1, 0.15) is 11.5 Å². The fourth-order valence-corrected chi connectivity index (χ4v) is 4.20. The van der Waals surface area contributed by atoms with Crippen LogP contribution in [0.5, 0.6) is 11.5 Å². The molecule has 2 aromatic rings. The maximum absolute atomic E-state index is 10.9. The van der Waals surface area contributed by atoms with Crippen molar-refractivity contribution in [3.63, 3.8) is 0 Å². The number of piperidine rings is 1. The van der Waals surface area contributed by atoms with Crippen molar-refractivity contribution in [3.05, 3.63) is 59.7 Å². The molecule has 0 amide bonds. The number of carboxylic acid groups (broad SMARTS) is 1. The smallest absolute Gasteiger partial charge is 0.335 e. The molecule has 4 rings (SSSR count). The van der Waals surface area contributed by atoms with E-state index in [0.29, 0.717) is 5.75 Å². The SMILES string of the molecule is O=C(O)c1ccc(Oc2ccc(CN3CCNCC34CCNCC4)cc2)cc1. The number of hydrogen-bond acceptors (Lipinski definition) is 5. The highest BCUT2D eigenvalue weighted by Gasteiger charge is 2.39. The maximum atomic E-state index is 10.9. The van der Waals surface area contributed by atoms with E-state index in [4.69, 9.17) is 9.84 Å². The van der Waals surface area contributed by atoms with Crippen LogP contribution in [-0.4, -0.2) is 54.2 Å². The van der Waals surface area contributed by atoms with Gasteiger partial charge in [0.2, 0.25) is 0 Å². The van der Waals surface area contributed by atoms with Crippen LogP contribution in [0.15, 0.2) is 48.5 Å². The van der Waals surface area contributed by atoms with Crippen molar-refractivity contribution in [1.29, 1.82) is 0 Å². The lowest BCUT2D eigenvalue weighted by atomic mass is 9.84. The summed E-state index contributed by atoms with van der Waals surface area (Å²) in [4.78, 5) is 13.6. The zero-order valence-electron chi connectivity index (χ0n) is 16.0. The summed E-state index contributed by atoms with van der Waals surface area (Å²) in [6.07, 6.45) is 2.38. The van der Waals surface area contributed by atoms with Gasteiger partial charge in [-0.2, -0.15) is 0 Å². The molecule has 0 unspecified atom stereocenters. The first-order chi connectivity index (χ1) is 13.6. The van der Waals surface area contributed by atoms with Crippen LogP contribution in [0.4, 0.5) is 0 Å². The van der Waals surface area contributed by atoms with Crippen molar-refractivity contribution in [3.8, 4) is 11.5 Å². The van der Waals surface area contributed by atoms with E-state index in [1.807, 2.05) is 12.1 Å². The summed E-state index contributed by atoms with van der Waals surface area (Å²) in [6.45, 7) is 6.33. The number of carbonyl (C=O) groups is 1. The summed E-state index contributed by atoms with van der Waals surface area (Å²) in [5, 5.41) is 16.0. The Balaban J connectivity index is 1.40. The van der Waals surface area contributed by atoms with Gasteiger partial charge in [0.15, 0.2) is 0 Å². The van der Waals surface area contributed by atoms with Crippen LogP contribution in [0.1, 0.15) is 28.8 Å². The summed E-state index contributed by atoms with van der Waals surface area (Å²) in [6, 6.07) is 14.7. The van der Waals surface area contributed by atoms with Crippen LogP contribution in [0.25, 0.3) is 0 Å². The highest BCUT2D eigenvalue weighted by molar-refractivity contribution is 5.87. The van der Waals surface area contributed by atoms with Crippen LogP contribution in [0.3, 0.4) is 0 Å². The first-order valence-corrected chi connectivity index (χ1v) is 9.91. The lowest BCUT2D eigenvalue weighted by Crippen LogP contribution is -2.64. The number of benzene rings is 2.